The zero-order valence-electron chi connectivity index (χ0n) is 9.08. The second-order valence-electron chi connectivity index (χ2n) is 5.29. The average molecular weight is 180 g/mol. The fourth-order valence-electron chi connectivity index (χ4n) is 2.18. The fourth-order valence-corrected chi connectivity index (χ4v) is 2.18. The standard InChI is InChI=1S/C12H20O/c1-9-5-6-11(12(2,3)4)10(7-9)8-13/h5-6,8-11H,7H2,1-4H3. The molecule has 0 amide bonds. The molecule has 0 aromatic carbocycles. The van der Waals surface area contributed by atoms with E-state index >= 15 is 0 Å². The van der Waals surface area contributed by atoms with E-state index in [9.17, 15) is 4.79 Å². The minimum absolute atomic E-state index is 0.211. The summed E-state index contributed by atoms with van der Waals surface area (Å²) in [5, 5.41) is 0. The highest BCUT2D eigenvalue weighted by atomic mass is 16.1. The second kappa shape index (κ2) is 3.65. The lowest BCUT2D eigenvalue weighted by Crippen LogP contribution is -2.31. The van der Waals surface area contributed by atoms with Crippen molar-refractivity contribution in [1.29, 1.82) is 0 Å². The molecule has 1 heteroatoms. The van der Waals surface area contributed by atoms with Crippen LogP contribution >= 0.6 is 0 Å². The van der Waals surface area contributed by atoms with Gasteiger partial charge in [-0.15, -0.1) is 0 Å². The Morgan fingerprint density at radius 2 is 1.92 bits per heavy atom. The minimum atomic E-state index is 0.211. The summed E-state index contributed by atoms with van der Waals surface area (Å²) in [6, 6.07) is 0. The summed E-state index contributed by atoms with van der Waals surface area (Å²) in [4.78, 5) is 10.9. The van der Waals surface area contributed by atoms with E-state index in [1.54, 1.807) is 0 Å². The van der Waals surface area contributed by atoms with Crippen molar-refractivity contribution in [2.24, 2.45) is 23.2 Å². The molecule has 13 heavy (non-hydrogen) atoms. The van der Waals surface area contributed by atoms with Gasteiger partial charge in [-0.25, -0.2) is 0 Å². The average Bonchev–Trinajstić information content (AvgIpc) is 2.01. The molecule has 1 aliphatic carbocycles. The van der Waals surface area contributed by atoms with Crippen LogP contribution in [0.3, 0.4) is 0 Å². The van der Waals surface area contributed by atoms with Crippen molar-refractivity contribution in [1.82, 2.24) is 0 Å². The van der Waals surface area contributed by atoms with E-state index in [0.29, 0.717) is 11.8 Å². The van der Waals surface area contributed by atoms with Crippen LogP contribution in [0.1, 0.15) is 34.1 Å². The Hall–Kier alpha value is -0.590. The van der Waals surface area contributed by atoms with Crippen molar-refractivity contribution in [2.75, 3.05) is 0 Å². The minimum Gasteiger partial charge on any atom is -0.303 e. The third kappa shape index (κ3) is 2.43. The Labute approximate surface area is 81.2 Å². The van der Waals surface area contributed by atoms with Crippen LogP contribution in [-0.2, 0) is 4.79 Å². The highest BCUT2D eigenvalue weighted by Gasteiger charge is 2.32. The van der Waals surface area contributed by atoms with Gasteiger partial charge >= 0.3 is 0 Å². The molecule has 0 fully saturated rings. The maximum absolute atomic E-state index is 10.9. The monoisotopic (exact) mass is 180 g/mol. The van der Waals surface area contributed by atoms with E-state index in [1.165, 1.54) is 0 Å². The SMILES string of the molecule is CC1C=CC(C(C)(C)C)C(C=O)C1. The molecule has 0 aromatic rings. The van der Waals surface area contributed by atoms with Gasteiger partial charge in [0.05, 0.1) is 0 Å². The van der Waals surface area contributed by atoms with Gasteiger partial charge in [-0.1, -0.05) is 39.8 Å². The topological polar surface area (TPSA) is 17.1 Å². The van der Waals surface area contributed by atoms with Crippen LogP contribution in [0.2, 0.25) is 0 Å². The first-order chi connectivity index (χ1) is 5.95. The molecule has 1 aliphatic rings. The van der Waals surface area contributed by atoms with Crippen LogP contribution < -0.4 is 0 Å². The normalized spacial score (nSPS) is 34.6. The third-order valence-corrected chi connectivity index (χ3v) is 2.93. The van der Waals surface area contributed by atoms with Gasteiger partial charge in [-0.05, 0) is 23.7 Å². The highest BCUT2D eigenvalue weighted by Crippen LogP contribution is 2.38. The zero-order valence-corrected chi connectivity index (χ0v) is 9.08. The van der Waals surface area contributed by atoms with Crippen LogP contribution in [0.15, 0.2) is 12.2 Å². The first-order valence-corrected chi connectivity index (χ1v) is 5.08. The van der Waals surface area contributed by atoms with Gasteiger partial charge in [0.1, 0.15) is 6.29 Å². The molecule has 0 saturated heterocycles. The molecule has 0 spiro atoms. The summed E-state index contributed by atoms with van der Waals surface area (Å²) in [6.07, 6.45) is 6.63. The molecule has 0 bridgehead atoms. The number of hydrogen-bond acceptors (Lipinski definition) is 1. The highest BCUT2D eigenvalue weighted by molar-refractivity contribution is 5.55. The van der Waals surface area contributed by atoms with Gasteiger partial charge in [-0.3, -0.25) is 0 Å². The van der Waals surface area contributed by atoms with Crippen LogP contribution in [0, 0.1) is 23.2 Å². The van der Waals surface area contributed by atoms with Gasteiger partial charge in [-0.2, -0.15) is 0 Å². The number of rotatable bonds is 1. The molecular formula is C12H20O. The first kappa shape index (κ1) is 10.5. The van der Waals surface area contributed by atoms with Crippen molar-refractivity contribution in [3.8, 4) is 0 Å². The van der Waals surface area contributed by atoms with Crippen LogP contribution in [-0.4, -0.2) is 6.29 Å². The van der Waals surface area contributed by atoms with Crippen LogP contribution in [0.5, 0.6) is 0 Å². The van der Waals surface area contributed by atoms with Gasteiger partial charge in [0.25, 0.3) is 0 Å². The molecule has 3 atom stereocenters. The smallest absolute Gasteiger partial charge is 0.123 e. The summed E-state index contributed by atoms with van der Waals surface area (Å²) in [7, 11) is 0. The van der Waals surface area contributed by atoms with Crippen LogP contribution in [0.25, 0.3) is 0 Å². The molecule has 0 heterocycles. The molecule has 0 radical (unpaired) electrons. The van der Waals surface area contributed by atoms with Crippen molar-refractivity contribution in [2.45, 2.75) is 34.1 Å². The fraction of sp³-hybridized carbons (Fsp3) is 0.750. The van der Waals surface area contributed by atoms with E-state index in [0.717, 1.165) is 12.7 Å². The van der Waals surface area contributed by atoms with Gasteiger partial charge in [0.2, 0.25) is 0 Å². The Morgan fingerprint density at radius 1 is 1.31 bits per heavy atom. The van der Waals surface area contributed by atoms with Crippen LogP contribution in [0.4, 0.5) is 0 Å². The largest absolute Gasteiger partial charge is 0.303 e. The summed E-state index contributed by atoms with van der Waals surface area (Å²) < 4.78 is 0. The molecule has 0 aromatic heterocycles. The Kier molecular flexibility index (Phi) is 2.94. The maximum Gasteiger partial charge on any atom is 0.123 e. The summed E-state index contributed by atoms with van der Waals surface area (Å²) in [6.45, 7) is 8.78. The molecule has 0 saturated carbocycles. The van der Waals surface area contributed by atoms with Crippen molar-refractivity contribution < 1.29 is 4.79 Å². The molecular weight excluding hydrogens is 160 g/mol. The molecule has 1 rings (SSSR count). The quantitative estimate of drug-likeness (QED) is 0.448. The number of carbonyl (C=O) groups is 1. The van der Waals surface area contributed by atoms with Gasteiger partial charge in [0.15, 0.2) is 0 Å². The van der Waals surface area contributed by atoms with E-state index in [2.05, 4.69) is 39.8 Å². The number of aldehydes is 1. The number of hydrogen-bond donors (Lipinski definition) is 0. The molecule has 3 unspecified atom stereocenters. The van der Waals surface area contributed by atoms with E-state index in [4.69, 9.17) is 0 Å². The van der Waals surface area contributed by atoms with E-state index < -0.39 is 0 Å². The Morgan fingerprint density at radius 3 is 2.38 bits per heavy atom. The Bertz CT molecular complexity index is 210. The molecule has 0 N–H and O–H groups in total. The first-order valence-electron chi connectivity index (χ1n) is 5.08. The maximum atomic E-state index is 10.9. The molecule has 0 aliphatic heterocycles. The van der Waals surface area contributed by atoms with Crippen molar-refractivity contribution >= 4 is 6.29 Å². The lowest BCUT2D eigenvalue weighted by atomic mass is 9.68. The third-order valence-electron chi connectivity index (χ3n) is 2.93. The zero-order chi connectivity index (χ0) is 10.1. The number of allylic oxidation sites excluding steroid dienone is 2. The van der Waals surface area contributed by atoms with Gasteiger partial charge < -0.3 is 4.79 Å². The second-order valence-corrected chi connectivity index (χ2v) is 5.29. The predicted molar refractivity (Wildman–Crippen MR) is 55.4 cm³/mol. The molecule has 74 valence electrons. The lowest BCUT2D eigenvalue weighted by molar-refractivity contribution is -0.113. The van der Waals surface area contributed by atoms with Crippen molar-refractivity contribution in [3.63, 3.8) is 0 Å². The lowest BCUT2D eigenvalue weighted by Gasteiger charge is -2.36. The summed E-state index contributed by atoms with van der Waals surface area (Å²) >= 11 is 0. The van der Waals surface area contributed by atoms with E-state index in [-0.39, 0.29) is 11.3 Å². The van der Waals surface area contributed by atoms with Crippen molar-refractivity contribution in [3.05, 3.63) is 12.2 Å². The summed E-state index contributed by atoms with van der Waals surface area (Å²) in [5.41, 5.74) is 0.211. The predicted octanol–water partition coefficient (Wildman–Crippen LogP) is 3.06. The number of carbonyl (C=O) groups excluding carboxylic acids is 1. The van der Waals surface area contributed by atoms with E-state index in [1.807, 2.05) is 0 Å². The van der Waals surface area contributed by atoms with Gasteiger partial charge in [0, 0.05) is 5.92 Å². The molecule has 1 nitrogen and oxygen atoms in total. The Balaban J connectivity index is 2.83. The summed E-state index contributed by atoms with van der Waals surface area (Å²) in [5.74, 6) is 1.20.